The molecule has 0 aliphatic carbocycles. The second kappa shape index (κ2) is 11.3. The molecule has 1 heterocycles. The molecule has 1 aromatic carbocycles. The van der Waals surface area contributed by atoms with E-state index in [-0.39, 0.29) is 0 Å². The maximum atomic E-state index is 5.51. The molecule has 0 spiro atoms. The molecule has 0 saturated heterocycles. The monoisotopic (exact) mass is 391 g/mol. The van der Waals surface area contributed by atoms with Gasteiger partial charge in [-0.3, -0.25) is 4.99 Å². The molecule has 0 aliphatic rings. The lowest BCUT2D eigenvalue weighted by Gasteiger charge is -2.16. The van der Waals surface area contributed by atoms with E-state index < -0.39 is 0 Å². The standard InChI is InChI=1S/C20H29N3O3S/c1-5-21-20(22-10-8-16-7-6-12-27-16)23-11-9-17-18(25-3)13-15(24-2)14-19(17)26-4/h6-7,12-14H,5,8-11H2,1-4H3,(H2,21,22,23). The van der Waals surface area contributed by atoms with Gasteiger partial charge in [-0.2, -0.15) is 0 Å². The molecular formula is C20H29N3O3S. The van der Waals surface area contributed by atoms with Crippen molar-refractivity contribution in [3.05, 3.63) is 40.1 Å². The van der Waals surface area contributed by atoms with Crippen LogP contribution in [0.2, 0.25) is 0 Å². The van der Waals surface area contributed by atoms with Gasteiger partial charge in [0.15, 0.2) is 5.96 Å². The molecule has 0 unspecified atom stereocenters. The molecule has 27 heavy (non-hydrogen) atoms. The van der Waals surface area contributed by atoms with Crippen LogP contribution in [-0.2, 0) is 12.8 Å². The van der Waals surface area contributed by atoms with Gasteiger partial charge >= 0.3 is 0 Å². The van der Waals surface area contributed by atoms with E-state index in [2.05, 4.69) is 40.1 Å². The molecule has 0 aliphatic heterocycles. The Morgan fingerprint density at radius 2 is 1.78 bits per heavy atom. The number of aliphatic imine (C=N–C) groups is 1. The zero-order valence-corrected chi connectivity index (χ0v) is 17.3. The number of hydrogen-bond donors (Lipinski definition) is 2. The fourth-order valence-corrected chi connectivity index (χ4v) is 3.40. The summed E-state index contributed by atoms with van der Waals surface area (Å²) in [6, 6.07) is 7.96. The number of nitrogens with one attached hydrogen (secondary N) is 2. The lowest BCUT2D eigenvalue weighted by atomic mass is 10.1. The van der Waals surface area contributed by atoms with Crippen LogP contribution in [0, 0.1) is 0 Å². The molecule has 6 nitrogen and oxygen atoms in total. The van der Waals surface area contributed by atoms with Gasteiger partial charge in [-0.1, -0.05) is 6.07 Å². The predicted octanol–water partition coefficient (Wildman–Crippen LogP) is 3.11. The van der Waals surface area contributed by atoms with E-state index >= 15 is 0 Å². The summed E-state index contributed by atoms with van der Waals surface area (Å²) in [7, 11) is 4.94. The van der Waals surface area contributed by atoms with Crippen LogP contribution in [0.15, 0.2) is 34.6 Å². The molecule has 7 heteroatoms. The molecule has 0 radical (unpaired) electrons. The lowest BCUT2D eigenvalue weighted by molar-refractivity contribution is 0.368. The van der Waals surface area contributed by atoms with E-state index in [9.17, 15) is 0 Å². The topological polar surface area (TPSA) is 64.1 Å². The van der Waals surface area contributed by atoms with Crippen LogP contribution in [0.1, 0.15) is 17.4 Å². The number of methoxy groups -OCH3 is 3. The van der Waals surface area contributed by atoms with Crippen LogP contribution in [0.5, 0.6) is 17.2 Å². The van der Waals surface area contributed by atoms with Gasteiger partial charge < -0.3 is 24.8 Å². The largest absolute Gasteiger partial charge is 0.496 e. The second-order valence-corrected chi connectivity index (χ2v) is 6.81. The van der Waals surface area contributed by atoms with E-state index in [1.807, 2.05) is 12.1 Å². The Bertz CT molecular complexity index is 692. The fourth-order valence-electron chi connectivity index (χ4n) is 2.70. The first-order valence-corrected chi connectivity index (χ1v) is 9.93. The zero-order chi connectivity index (χ0) is 19.5. The molecular weight excluding hydrogens is 362 g/mol. The zero-order valence-electron chi connectivity index (χ0n) is 16.5. The molecule has 2 N–H and O–H groups in total. The van der Waals surface area contributed by atoms with Crippen LogP contribution in [0.4, 0.5) is 0 Å². The SMILES string of the molecule is CCNC(=NCCc1cccs1)NCCc1c(OC)cc(OC)cc1OC. The third-order valence-electron chi connectivity index (χ3n) is 4.04. The molecule has 0 fully saturated rings. The summed E-state index contributed by atoms with van der Waals surface area (Å²) in [5, 5.41) is 8.76. The Balaban J connectivity index is 1.97. The molecule has 0 atom stereocenters. The highest BCUT2D eigenvalue weighted by atomic mass is 32.1. The summed E-state index contributed by atoms with van der Waals surface area (Å²) in [5.41, 5.74) is 1.00. The summed E-state index contributed by atoms with van der Waals surface area (Å²) in [4.78, 5) is 6.00. The summed E-state index contributed by atoms with van der Waals surface area (Å²) >= 11 is 1.77. The van der Waals surface area contributed by atoms with Gasteiger partial charge in [0.25, 0.3) is 0 Å². The van der Waals surface area contributed by atoms with E-state index in [4.69, 9.17) is 14.2 Å². The van der Waals surface area contributed by atoms with Gasteiger partial charge in [-0.25, -0.2) is 0 Å². The highest BCUT2D eigenvalue weighted by molar-refractivity contribution is 7.09. The summed E-state index contributed by atoms with van der Waals surface area (Å²) in [5.74, 6) is 3.05. The van der Waals surface area contributed by atoms with Gasteiger partial charge in [0.1, 0.15) is 17.2 Å². The summed E-state index contributed by atoms with van der Waals surface area (Å²) < 4.78 is 16.3. The van der Waals surface area contributed by atoms with Crippen molar-refractivity contribution in [2.24, 2.45) is 4.99 Å². The van der Waals surface area contributed by atoms with Crippen LogP contribution in [0.25, 0.3) is 0 Å². The van der Waals surface area contributed by atoms with E-state index in [0.29, 0.717) is 12.3 Å². The Morgan fingerprint density at radius 3 is 2.33 bits per heavy atom. The predicted molar refractivity (Wildman–Crippen MR) is 112 cm³/mol. The average molecular weight is 392 g/mol. The third-order valence-corrected chi connectivity index (χ3v) is 4.97. The minimum Gasteiger partial charge on any atom is -0.496 e. The number of benzene rings is 1. The lowest BCUT2D eigenvalue weighted by Crippen LogP contribution is -2.38. The maximum Gasteiger partial charge on any atom is 0.191 e. The van der Waals surface area contributed by atoms with Crippen molar-refractivity contribution in [2.45, 2.75) is 19.8 Å². The Kier molecular flexibility index (Phi) is 8.77. The third kappa shape index (κ3) is 6.36. The highest BCUT2D eigenvalue weighted by Crippen LogP contribution is 2.34. The Labute approximate surface area is 165 Å². The van der Waals surface area contributed by atoms with Crippen molar-refractivity contribution < 1.29 is 14.2 Å². The molecule has 0 bridgehead atoms. The maximum absolute atomic E-state index is 5.51. The van der Waals surface area contributed by atoms with Crippen molar-refractivity contribution in [2.75, 3.05) is 41.0 Å². The van der Waals surface area contributed by atoms with Gasteiger partial charge in [-0.15, -0.1) is 11.3 Å². The number of hydrogen-bond acceptors (Lipinski definition) is 5. The number of thiophene rings is 1. The summed E-state index contributed by atoms with van der Waals surface area (Å²) in [6.07, 6.45) is 1.69. The van der Waals surface area contributed by atoms with Crippen molar-refractivity contribution >= 4 is 17.3 Å². The number of nitrogens with zero attached hydrogens (tertiary/aromatic N) is 1. The van der Waals surface area contributed by atoms with Gasteiger partial charge in [-0.05, 0) is 24.8 Å². The summed E-state index contributed by atoms with van der Waals surface area (Å²) in [6.45, 7) is 4.35. The van der Waals surface area contributed by atoms with Crippen LogP contribution >= 0.6 is 11.3 Å². The molecule has 2 aromatic rings. The number of guanidine groups is 1. The minimum atomic E-state index is 0.712. The van der Waals surface area contributed by atoms with Crippen LogP contribution in [-0.4, -0.2) is 46.9 Å². The number of rotatable bonds is 10. The Morgan fingerprint density at radius 1 is 1.04 bits per heavy atom. The normalized spacial score (nSPS) is 11.2. The smallest absolute Gasteiger partial charge is 0.191 e. The molecule has 148 valence electrons. The first-order valence-electron chi connectivity index (χ1n) is 9.05. The van der Waals surface area contributed by atoms with Gasteiger partial charge in [0.05, 0.1) is 21.3 Å². The quantitative estimate of drug-likeness (QED) is 0.481. The van der Waals surface area contributed by atoms with Gasteiger partial charge in [0.2, 0.25) is 0 Å². The van der Waals surface area contributed by atoms with Crippen LogP contribution in [0.3, 0.4) is 0 Å². The van der Waals surface area contributed by atoms with E-state index in [0.717, 1.165) is 49.0 Å². The Hall–Kier alpha value is -2.41. The molecule has 1 aromatic heterocycles. The molecule has 2 rings (SSSR count). The van der Waals surface area contributed by atoms with Crippen molar-refractivity contribution in [1.82, 2.24) is 10.6 Å². The number of ether oxygens (including phenoxy) is 3. The average Bonchev–Trinajstić information content (AvgIpc) is 3.21. The van der Waals surface area contributed by atoms with Crippen LogP contribution < -0.4 is 24.8 Å². The first kappa shape index (κ1) is 20.9. The van der Waals surface area contributed by atoms with E-state index in [1.54, 1.807) is 32.7 Å². The first-order chi connectivity index (χ1) is 13.2. The second-order valence-electron chi connectivity index (χ2n) is 5.78. The van der Waals surface area contributed by atoms with Crippen molar-refractivity contribution in [3.8, 4) is 17.2 Å². The molecule has 0 saturated carbocycles. The van der Waals surface area contributed by atoms with Gasteiger partial charge in [0, 0.05) is 48.6 Å². The van der Waals surface area contributed by atoms with Crippen molar-refractivity contribution in [1.29, 1.82) is 0 Å². The highest BCUT2D eigenvalue weighted by Gasteiger charge is 2.13. The minimum absolute atomic E-state index is 0.712. The molecule has 0 amide bonds. The van der Waals surface area contributed by atoms with Crippen molar-refractivity contribution in [3.63, 3.8) is 0 Å². The fraction of sp³-hybridized carbons (Fsp3) is 0.450. The van der Waals surface area contributed by atoms with E-state index in [1.165, 1.54) is 4.88 Å².